The maximum absolute atomic E-state index is 4.24. The lowest BCUT2D eigenvalue weighted by molar-refractivity contribution is 0.950. The van der Waals surface area contributed by atoms with Gasteiger partial charge >= 0.3 is 0 Å². The van der Waals surface area contributed by atoms with E-state index < -0.39 is 0 Å². The Morgan fingerprint density at radius 3 is 2.82 bits per heavy atom. The monoisotopic (exact) mass is 222 g/mol. The second-order valence-electron chi connectivity index (χ2n) is 3.62. The molecule has 0 amide bonds. The largest absolute Gasteiger partial charge is 0.244 e. The average Bonchev–Trinajstić information content (AvgIpc) is 2.81. The molecule has 0 unspecified atom stereocenters. The summed E-state index contributed by atoms with van der Waals surface area (Å²) < 4.78 is 1.74. The van der Waals surface area contributed by atoms with E-state index in [4.69, 9.17) is 0 Å². The van der Waals surface area contributed by atoms with Gasteiger partial charge in [0.15, 0.2) is 5.65 Å². The minimum atomic E-state index is 0.812. The Hall–Kier alpha value is -2.49. The maximum atomic E-state index is 4.24. The van der Waals surface area contributed by atoms with Crippen LogP contribution in [0.2, 0.25) is 0 Å². The molecule has 2 aromatic heterocycles. The summed E-state index contributed by atoms with van der Waals surface area (Å²) in [6.07, 6.45) is 8.92. The molecule has 4 heteroatoms. The fraction of sp³-hybridized carbons (Fsp3) is 0. The molecule has 0 atom stereocenters. The van der Waals surface area contributed by atoms with Gasteiger partial charge in [0.25, 0.3) is 0 Å². The van der Waals surface area contributed by atoms with Crippen LogP contribution in [0.5, 0.6) is 0 Å². The van der Waals surface area contributed by atoms with Gasteiger partial charge in [-0.25, -0.2) is 14.6 Å². The van der Waals surface area contributed by atoms with Crippen LogP contribution in [-0.2, 0) is 0 Å². The van der Waals surface area contributed by atoms with Crippen molar-refractivity contribution >= 4 is 23.3 Å². The Morgan fingerprint density at radius 2 is 1.94 bits per heavy atom. The molecule has 0 aliphatic heterocycles. The van der Waals surface area contributed by atoms with Gasteiger partial charge in [-0.15, -0.1) is 0 Å². The molecular weight excluding hydrogens is 212 g/mol. The van der Waals surface area contributed by atoms with Gasteiger partial charge in [0.1, 0.15) is 6.33 Å². The molecule has 0 saturated carbocycles. The molecule has 0 aliphatic rings. The van der Waals surface area contributed by atoms with Gasteiger partial charge in [0.05, 0.1) is 11.6 Å². The molecule has 0 aliphatic carbocycles. The van der Waals surface area contributed by atoms with Crippen LogP contribution in [0.1, 0.15) is 5.56 Å². The lowest BCUT2D eigenvalue weighted by Gasteiger charge is -1.94. The van der Waals surface area contributed by atoms with Crippen molar-refractivity contribution in [3.63, 3.8) is 0 Å². The van der Waals surface area contributed by atoms with Crippen LogP contribution in [-0.4, -0.2) is 19.7 Å². The summed E-state index contributed by atoms with van der Waals surface area (Å²) in [5.41, 5.74) is 1.94. The molecule has 1 aromatic carbocycles. The van der Waals surface area contributed by atoms with Crippen LogP contribution in [0.3, 0.4) is 0 Å². The number of nitrogens with zero attached hydrogens (tertiary/aromatic N) is 4. The van der Waals surface area contributed by atoms with E-state index >= 15 is 0 Å². The normalized spacial score (nSPS) is 11.3. The first-order chi connectivity index (χ1) is 8.43. The SMILES string of the molecule is C(=C\n1ncc2cncnc21)/c1ccccc1. The topological polar surface area (TPSA) is 43.6 Å². The molecule has 3 aromatic rings. The molecule has 3 rings (SSSR count). The van der Waals surface area contributed by atoms with Crippen molar-refractivity contribution in [3.05, 3.63) is 54.6 Å². The predicted molar refractivity (Wildman–Crippen MR) is 67.0 cm³/mol. The molecule has 17 heavy (non-hydrogen) atoms. The van der Waals surface area contributed by atoms with E-state index in [-0.39, 0.29) is 0 Å². The Kier molecular flexibility index (Phi) is 2.38. The first-order valence-corrected chi connectivity index (χ1v) is 5.30. The van der Waals surface area contributed by atoms with Gasteiger partial charge in [-0.1, -0.05) is 30.3 Å². The molecular formula is C13H10N4. The van der Waals surface area contributed by atoms with Crippen molar-refractivity contribution in [2.45, 2.75) is 0 Å². The summed E-state index contributed by atoms with van der Waals surface area (Å²) in [6, 6.07) is 10.1. The van der Waals surface area contributed by atoms with Gasteiger partial charge < -0.3 is 0 Å². The summed E-state index contributed by atoms with van der Waals surface area (Å²) in [4.78, 5) is 8.15. The third-order valence-electron chi connectivity index (χ3n) is 2.46. The number of hydrogen-bond donors (Lipinski definition) is 0. The third-order valence-corrected chi connectivity index (χ3v) is 2.46. The molecule has 2 heterocycles. The third kappa shape index (κ3) is 1.92. The van der Waals surface area contributed by atoms with Crippen LogP contribution >= 0.6 is 0 Å². The van der Waals surface area contributed by atoms with Gasteiger partial charge in [0.2, 0.25) is 0 Å². The summed E-state index contributed by atoms with van der Waals surface area (Å²) in [7, 11) is 0. The van der Waals surface area contributed by atoms with Crippen LogP contribution in [0, 0.1) is 0 Å². The smallest absolute Gasteiger partial charge is 0.165 e. The summed E-state index contributed by atoms with van der Waals surface area (Å²) in [6.45, 7) is 0. The number of rotatable bonds is 2. The quantitative estimate of drug-likeness (QED) is 0.669. The Bertz CT molecular complexity index is 655. The average molecular weight is 222 g/mol. The molecule has 82 valence electrons. The van der Waals surface area contributed by atoms with Gasteiger partial charge in [-0.05, 0) is 11.6 Å². The number of hydrogen-bond acceptors (Lipinski definition) is 3. The van der Waals surface area contributed by atoms with Crippen molar-refractivity contribution in [3.8, 4) is 0 Å². The molecule has 0 N–H and O–H groups in total. The second-order valence-corrected chi connectivity index (χ2v) is 3.62. The highest BCUT2D eigenvalue weighted by Crippen LogP contribution is 2.09. The van der Waals surface area contributed by atoms with Crippen molar-refractivity contribution in [2.75, 3.05) is 0 Å². The van der Waals surface area contributed by atoms with E-state index in [1.165, 1.54) is 6.33 Å². The standard InChI is InChI=1S/C13H10N4/c1-2-4-11(5-3-1)6-7-17-13-12(9-16-17)8-14-10-15-13/h1-10H/b7-6+. The molecule has 0 bridgehead atoms. The summed E-state index contributed by atoms with van der Waals surface area (Å²) in [5.74, 6) is 0. The van der Waals surface area contributed by atoms with Crippen LogP contribution in [0.25, 0.3) is 23.3 Å². The van der Waals surface area contributed by atoms with Gasteiger partial charge in [-0.3, -0.25) is 0 Å². The highest BCUT2D eigenvalue weighted by atomic mass is 15.3. The zero-order chi connectivity index (χ0) is 11.5. The zero-order valence-electron chi connectivity index (χ0n) is 9.06. The minimum absolute atomic E-state index is 0.812. The fourth-order valence-corrected chi connectivity index (χ4v) is 1.63. The van der Waals surface area contributed by atoms with Crippen molar-refractivity contribution in [1.29, 1.82) is 0 Å². The van der Waals surface area contributed by atoms with E-state index in [2.05, 4.69) is 15.1 Å². The first-order valence-electron chi connectivity index (χ1n) is 5.30. The van der Waals surface area contributed by atoms with E-state index in [0.717, 1.165) is 16.6 Å². The fourth-order valence-electron chi connectivity index (χ4n) is 1.63. The highest BCUT2D eigenvalue weighted by Gasteiger charge is 1.99. The summed E-state index contributed by atoms with van der Waals surface area (Å²) in [5, 5.41) is 5.17. The van der Waals surface area contributed by atoms with Crippen LogP contribution < -0.4 is 0 Å². The number of benzene rings is 1. The zero-order valence-corrected chi connectivity index (χ0v) is 9.06. The van der Waals surface area contributed by atoms with Gasteiger partial charge in [0, 0.05) is 12.4 Å². The van der Waals surface area contributed by atoms with E-state index in [1.807, 2.05) is 42.6 Å². The van der Waals surface area contributed by atoms with Crippen molar-refractivity contribution in [2.24, 2.45) is 0 Å². The predicted octanol–water partition coefficient (Wildman–Crippen LogP) is 2.45. The second kappa shape index (κ2) is 4.17. The Labute approximate surface area is 98.3 Å². The van der Waals surface area contributed by atoms with E-state index in [9.17, 15) is 0 Å². The highest BCUT2D eigenvalue weighted by molar-refractivity contribution is 5.76. The first kappa shape index (κ1) is 9.72. The Morgan fingerprint density at radius 1 is 1.06 bits per heavy atom. The minimum Gasteiger partial charge on any atom is -0.244 e. The maximum Gasteiger partial charge on any atom is 0.165 e. The molecule has 0 fully saturated rings. The van der Waals surface area contributed by atoms with E-state index in [0.29, 0.717) is 0 Å². The molecule has 0 spiro atoms. The van der Waals surface area contributed by atoms with Crippen molar-refractivity contribution in [1.82, 2.24) is 19.7 Å². The lowest BCUT2D eigenvalue weighted by Crippen LogP contribution is -1.90. The summed E-state index contributed by atoms with van der Waals surface area (Å²) >= 11 is 0. The number of aromatic nitrogens is 4. The van der Waals surface area contributed by atoms with E-state index in [1.54, 1.807) is 17.1 Å². The molecule has 4 nitrogen and oxygen atoms in total. The van der Waals surface area contributed by atoms with Crippen LogP contribution in [0.4, 0.5) is 0 Å². The van der Waals surface area contributed by atoms with Crippen molar-refractivity contribution < 1.29 is 0 Å². The number of fused-ring (bicyclic) bond motifs is 1. The van der Waals surface area contributed by atoms with Gasteiger partial charge in [-0.2, -0.15) is 5.10 Å². The Balaban J connectivity index is 1.98. The molecule has 0 saturated heterocycles. The van der Waals surface area contributed by atoms with Crippen LogP contribution in [0.15, 0.2) is 49.1 Å². The lowest BCUT2D eigenvalue weighted by atomic mass is 10.2. The molecule has 0 radical (unpaired) electrons.